The van der Waals surface area contributed by atoms with Gasteiger partial charge in [0.1, 0.15) is 5.75 Å². The lowest BCUT2D eigenvalue weighted by atomic mass is 9.62. The van der Waals surface area contributed by atoms with Gasteiger partial charge in [-0.15, -0.1) is 0 Å². The Balaban J connectivity index is 1.87. The van der Waals surface area contributed by atoms with E-state index in [4.69, 9.17) is 13.6 Å². The van der Waals surface area contributed by atoms with Crippen LogP contribution in [0.4, 0.5) is 0 Å². The van der Waals surface area contributed by atoms with E-state index >= 15 is 0 Å². The number of ether oxygens (including phenoxy) is 1. The smallest absolute Gasteiger partial charge is 0.201 e. The highest BCUT2D eigenvalue weighted by Crippen LogP contribution is 2.49. The quantitative estimate of drug-likeness (QED) is 0.364. The van der Waals surface area contributed by atoms with E-state index in [0.29, 0.717) is 16.6 Å². The van der Waals surface area contributed by atoms with Gasteiger partial charge in [0, 0.05) is 5.56 Å². The number of hydrogen-bond acceptors (Lipinski definition) is 4. The van der Waals surface area contributed by atoms with Crippen LogP contribution in [0.1, 0.15) is 77.2 Å². The summed E-state index contributed by atoms with van der Waals surface area (Å²) in [5.41, 5.74) is 4.51. The highest BCUT2D eigenvalue weighted by atomic mass is 28.4. The third kappa shape index (κ3) is 4.20. The van der Waals surface area contributed by atoms with Gasteiger partial charge in [-0.05, 0) is 65.2 Å². The van der Waals surface area contributed by atoms with Gasteiger partial charge in [-0.25, -0.2) is 0 Å². The molecule has 1 aromatic heterocycles. The fourth-order valence-electron chi connectivity index (χ4n) is 5.79. The van der Waals surface area contributed by atoms with Crippen LogP contribution in [-0.2, 0) is 16.3 Å². The monoisotopic (exact) mass is 439 g/mol. The Morgan fingerprint density at radius 1 is 1.10 bits per heavy atom. The minimum absolute atomic E-state index is 0.0508. The summed E-state index contributed by atoms with van der Waals surface area (Å²) in [5.74, 6) is 0.853. The Bertz CT molecular complexity index is 891. The molecule has 1 aromatic carbocycles. The summed E-state index contributed by atoms with van der Waals surface area (Å²) in [6.45, 7) is 13.9. The van der Waals surface area contributed by atoms with E-state index in [-0.39, 0.29) is 6.10 Å². The highest BCUT2D eigenvalue weighted by Gasteiger charge is 2.48. The summed E-state index contributed by atoms with van der Waals surface area (Å²) in [6, 6.07) is 10.7. The van der Waals surface area contributed by atoms with Gasteiger partial charge in [0.2, 0.25) is 8.32 Å². The largest absolute Gasteiger partial charge is 0.497 e. The van der Waals surface area contributed by atoms with Crippen LogP contribution in [0.2, 0.25) is 16.6 Å². The van der Waals surface area contributed by atoms with Crippen molar-refractivity contribution in [1.29, 1.82) is 5.26 Å². The van der Waals surface area contributed by atoms with Crippen LogP contribution in [0, 0.1) is 11.3 Å². The first-order valence-electron chi connectivity index (χ1n) is 11.5. The van der Waals surface area contributed by atoms with E-state index < -0.39 is 13.7 Å². The molecular formula is C26H37NO3Si. The first-order valence-corrected chi connectivity index (χ1v) is 13.6. The molecule has 1 heterocycles. The van der Waals surface area contributed by atoms with E-state index in [2.05, 4.69) is 59.7 Å². The summed E-state index contributed by atoms with van der Waals surface area (Å²) in [5, 5.41) is 10.1. The molecule has 0 N–H and O–H groups in total. The number of hydrogen-bond donors (Lipinski definition) is 0. The molecule has 0 spiro atoms. The van der Waals surface area contributed by atoms with Crippen molar-refractivity contribution < 1.29 is 13.6 Å². The van der Waals surface area contributed by atoms with Crippen molar-refractivity contribution in [2.75, 3.05) is 7.11 Å². The molecular weight excluding hydrogens is 402 g/mol. The summed E-state index contributed by atoms with van der Waals surface area (Å²) in [6.07, 6.45) is 5.83. The fourth-order valence-corrected chi connectivity index (χ4v) is 11.3. The zero-order chi connectivity index (χ0) is 22.8. The lowest BCUT2D eigenvalue weighted by molar-refractivity contribution is 0.154. The average Bonchev–Trinajstić information content (AvgIpc) is 3.24. The average molecular weight is 440 g/mol. The van der Waals surface area contributed by atoms with Gasteiger partial charge >= 0.3 is 0 Å². The van der Waals surface area contributed by atoms with Gasteiger partial charge in [0.05, 0.1) is 37.2 Å². The maximum atomic E-state index is 10.1. The molecule has 4 nitrogen and oxygen atoms in total. The van der Waals surface area contributed by atoms with Gasteiger partial charge < -0.3 is 13.6 Å². The van der Waals surface area contributed by atoms with Crippen LogP contribution in [0.15, 0.2) is 41.2 Å². The van der Waals surface area contributed by atoms with E-state index in [1.165, 1.54) is 5.56 Å². The number of fused-ring (bicyclic) bond motifs is 1. The van der Waals surface area contributed by atoms with Crippen LogP contribution < -0.4 is 4.74 Å². The fraction of sp³-hybridized carbons (Fsp3) is 0.577. The standard InChI is InChI=1S/C26H37NO3Si/c1-18(2)31(19(3)4,20(5)6)30-25(21-11-13-29-16-21)10-12-26(17-27)15-22-14-23(28-7)8-9-24(22)26/h8-9,11,13-14,16,18-20,25H,10,12,15H2,1-7H3. The summed E-state index contributed by atoms with van der Waals surface area (Å²) in [7, 11) is -0.391. The second-order valence-electron chi connectivity index (χ2n) is 9.91. The molecule has 0 amide bonds. The van der Waals surface area contributed by atoms with Gasteiger partial charge in [0.15, 0.2) is 0 Å². The molecule has 0 saturated carbocycles. The second kappa shape index (κ2) is 9.22. The van der Waals surface area contributed by atoms with E-state index in [9.17, 15) is 5.26 Å². The van der Waals surface area contributed by atoms with Crippen LogP contribution in [0.5, 0.6) is 5.75 Å². The number of benzene rings is 1. The Labute approximate surface area is 188 Å². The molecule has 2 aromatic rings. The summed E-state index contributed by atoms with van der Waals surface area (Å²) < 4.78 is 17.9. The van der Waals surface area contributed by atoms with E-state index in [0.717, 1.165) is 36.1 Å². The molecule has 2 unspecified atom stereocenters. The number of furan rings is 1. The van der Waals surface area contributed by atoms with Crippen molar-refractivity contribution in [2.45, 2.75) is 88.9 Å². The highest BCUT2D eigenvalue weighted by molar-refractivity contribution is 6.77. The third-order valence-electron chi connectivity index (χ3n) is 7.34. The zero-order valence-corrected chi connectivity index (χ0v) is 21.1. The van der Waals surface area contributed by atoms with Gasteiger partial charge in [0.25, 0.3) is 0 Å². The molecule has 0 bridgehead atoms. The van der Waals surface area contributed by atoms with Gasteiger partial charge in [-0.2, -0.15) is 5.26 Å². The predicted molar refractivity (Wildman–Crippen MR) is 127 cm³/mol. The number of methoxy groups -OCH3 is 1. The second-order valence-corrected chi connectivity index (χ2v) is 15.3. The van der Waals surface area contributed by atoms with E-state index in [1.54, 1.807) is 13.4 Å². The lowest BCUT2D eigenvalue weighted by Crippen LogP contribution is -2.48. The third-order valence-corrected chi connectivity index (χ3v) is 13.4. The molecule has 2 atom stereocenters. The summed E-state index contributed by atoms with van der Waals surface area (Å²) in [4.78, 5) is 0. The maximum Gasteiger partial charge on any atom is 0.201 e. The van der Waals surface area contributed by atoms with Crippen LogP contribution in [0.25, 0.3) is 0 Å². The van der Waals surface area contributed by atoms with E-state index in [1.807, 2.05) is 18.4 Å². The molecule has 0 saturated heterocycles. The van der Waals surface area contributed by atoms with Crippen molar-refractivity contribution in [3.63, 3.8) is 0 Å². The van der Waals surface area contributed by atoms with Crippen molar-refractivity contribution in [2.24, 2.45) is 0 Å². The van der Waals surface area contributed by atoms with Crippen LogP contribution >= 0.6 is 0 Å². The Hall–Kier alpha value is -2.03. The maximum absolute atomic E-state index is 10.1. The van der Waals surface area contributed by atoms with Crippen molar-refractivity contribution in [3.8, 4) is 11.8 Å². The molecule has 31 heavy (non-hydrogen) atoms. The Kier molecular flexibility index (Phi) is 7.03. The SMILES string of the molecule is COc1ccc2c(c1)CC2(C#N)CCC(O[Si](C(C)C)(C(C)C)C(C)C)c1ccoc1. The molecule has 0 radical (unpaired) electrons. The van der Waals surface area contributed by atoms with Gasteiger partial charge in [-0.3, -0.25) is 0 Å². The topological polar surface area (TPSA) is 55.4 Å². The first-order chi connectivity index (χ1) is 14.7. The Morgan fingerprint density at radius 2 is 1.77 bits per heavy atom. The van der Waals surface area contributed by atoms with Crippen LogP contribution in [0.3, 0.4) is 0 Å². The molecule has 1 aliphatic rings. The minimum Gasteiger partial charge on any atom is -0.497 e. The Morgan fingerprint density at radius 3 is 2.26 bits per heavy atom. The lowest BCUT2D eigenvalue weighted by Gasteiger charge is -2.45. The number of nitriles is 1. The molecule has 0 fully saturated rings. The number of nitrogens with zero attached hydrogens (tertiary/aromatic N) is 1. The van der Waals surface area contributed by atoms with Crippen molar-refractivity contribution >= 4 is 8.32 Å². The minimum atomic E-state index is -2.07. The van der Waals surface area contributed by atoms with Crippen molar-refractivity contribution in [3.05, 3.63) is 53.5 Å². The molecule has 5 heteroatoms. The predicted octanol–water partition coefficient (Wildman–Crippen LogP) is 7.32. The van der Waals surface area contributed by atoms with Crippen LogP contribution in [-0.4, -0.2) is 15.4 Å². The van der Waals surface area contributed by atoms with Crippen molar-refractivity contribution in [1.82, 2.24) is 0 Å². The summed E-state index contributed by atoms with van der Waals surface area (Å²) >= 11 is 0. The first kappa shape index (κ1) is 23.6. The zero-order valence-electron chi connectivity index (χ0n) is 20.1. The van der Waals surface area contributed by atoms with Gasteiger partial charge in [-0.1, -0.05) is 47.6 Å². The molecule has 0 aliphatic heterocycles. The number of rotatable bonds is 10. The normalized spacial score (nSPS) is 19.3. The molecule has 3 rings (SSSR count). The molecule has 1 aliphatic carbocycles. The molecule has 168 valence electrons.